The number of methoxy groups -OCH3 is 1. The Labute approximate surface area is 115 Å². The minimum Gasteiger partial charge on any atom is -0.494 e. The van der Waals surface area contributed by atoms with Crippen LogP contribution in [-0.2, 0) is 4.74 Å². The summed E-state index contributed by atoms with van der Waals surface area (Å²) in [6.07, 6.45) is 0. The first-order valence-electron chi connectivity index (χ1n) is 6.24. The summed E-state index contributed by atoms with van der Waals surface area (Å²) in [6, 6.07) is 7.93. The highest BCUT2D eigenvalue weighted by Crippen LogP contribution is 2.38. The number of ether oxygens (including phenoxy) is 2. The van der Waals surface area contributed by atoms with Crippen molar-refractivity contribution in [2.45, 2.75) is 0 Å². The maximum atomic E-state index is 12.5. The number of carbonyl (C=O) groups excluding carboxylic acids is 1. The second-order valence-electron chi connectivity index (χ2n) is 4.37. The van der Waals surface area contributed by atoms with Gasteiger partial charge in [-0.05, 0) is 12.1 Å². The van der Waals surface area contributed by atoms with Crippen LogP contribution in [0.1, 0.15) is 9.67 Å². The number of nitrogens with zero attached hydrogens (tertiary/aromatic N) is 1. The van der Waals surface area contributed by atoms with E-state index >= 15 is 0 Å². The molecule has 1 aromatic heterocycles. The second kappa shape index (κ2) is 5.19. The zero-order chi connectivity index (χ0) is 13.2. The molecule has 5 heteroatoms. The second-order valence-corrected chi connectivity index (χ2v) is 5.42. The molecule has 0 unspecified atom stereocenters. The van der Waals surface area contributed by atoms with Crippen molar-refractivity contribution in [2.24, 2.45) is 0 Å². The van der Waals surface area contributed by atoms with Gasteiger partial charge in [-0.25, -0.2) is 0 Å². The van der Waals surface area contributed by atoms with Gasteiger partial charge in [0.15, 0.2) is 0 Å². The monoisotopic (exact) mass is 277 g/mol. The smallest absolute Gasteiger partial charge is 0.267 e. The minimum atomic E-state index is 0.0429. The Balaban J connectivity index is 2.01. The maximum Gasteiger partial charge on any atom is 0.267 e. The van der Waals surface area contributed by atoms with Crippen LogP contribution in [0, 0.1) is 0 Å². The fraction of sp³-hybridized carbons (Fsp3) is 0.357. The standard InChI is InChI=1S/C14H15NO3S/c1-17-12-10-4-2-3-5-11(10)19-13(12)14(16)15-6-8-18-9-7-15/h2-5H,6-9H2,1H3. The molecule has 100 valence electrons. The van der Waals surface area contributed by atoms with E-state index in [1.54, 1.807) is 7.11 Å². The summed E-state index contributed by atoms with van der Waals surface area (Å²) in [5.41, 5.74) is 0. The Morgan fingerprint density at radius 2 is 2.05 bits per heavy atom. The first-order chi connectivity index (χ1) is 9.31. The van der Waals surface area contributed by atoms with Gasteiger partial charge in [0, 0.05) is 23.2 Å². The number of morpholine rings is 1. The number of carbonyl (C=O) groups is 1. The number of benzene rings is 1. The molecule has 0 saturated carbocycles. The molecule has 2 aromatic rings. The van der Waals surface area contributed by atoms with Crippen LogP contribution in [0.3, 0.4) is 0 Å². The molecular weight excluding hydrogens is 262 g/mol. The molecule has 4 nitrogen and oxygen atoms in total. The van der Waals surface area contributed by atoms with E-state index in [-0.39, 0.29) is 5.91 Å². The van der Waals surface area contributed by atoms with Crippen molar-refractivity contribution in [2.75, 3.05) is 33.4 Å². The lowest BCUT2D eigenvalue weighted by molar-refractivity contribution is 0.0304. The Hall–Kier alpha value is -1.59. The molecule has 0 N–H and O–H groups in total. The zero-order valence-corrected chi connectivity index (χ0v) is 11.5. The van der Waals surface area contributed by atoms with E-state index < -0.39 is 0 Å². The predicted molar refractivity (Wildman–Crippen MR) is 75.1 cm³/mol. The van der Waals surface area contributed by atoms with Crippen LogP contribution in [0.15, 0.2) is 24.3 Å². The van der Waals surface area contributed by atoms with E-state index in [1.807, 2.05) is 29.2 Å². The topological polar surface area (TPSA) is 38.8 Å². The van der Waals surface area contributed by atoms with Gasteiger partial charge in [0.1, 0.15) is 10.6 Å². The Kier molecular flexibility index (Phi) is 3.40. The zero-order valence-electron chi connectivity index (χ0n) is 10.7. The Morgan fingerprint density at radius 1 is 1.32 bits per heavy atom. The van der Waals surface area contributed by atoms with Crippen molar-refractivity contribution in [1.82, 2.24) is 4.90 Å². The van der Waals surface area contributed by atoms with E-state index in [0.29, 0.717) is 36.9 Å². The van der Waals surface area contributed by atoms with Crippen molar-refractivity contribution in [1.29, 1.82) is 0 Å². The summed E-state index contributed by atoms with van der Waals surface area (Å²) < 4.78 is 11.8. The fourth-order valence-corrected chi connectivity index (χ4v) is 3.41. The molecule has 19 heavy (non-hydrogen) atoms. The van der Waals surface area contributed by atoms with Crippen LogP contribution in [0.2, 0.25) is 0 Å². The highest BCUT2D eigenvalue weighted by atomic mass is 32.1. The maximum absolute atomic E-state index is 12.5. The van der Waals surface area contributed by atoms with Crippen LogP contribution in [0.25, 0.3) is 10.1 Å². The first kappa shape index (κ1) is 12.4. The van der Waals surface area contributed by atoms with Gasteiger partial charge in [-0.2, -0.15) is 0 Å². The van der Waals surface area contributed by atoms with Crippen molar-refractivity contribution in [3.05, 3.63) is 29.1 Å². The number of rotatable bonds is 2. The predicted octanol–water partition coefficient (Wildman–Crippen LogP) is 2.38. The van der Waals surface area contributed by atoms with E-state index in [0.717, 1.165) is 10.1 Å². The largest absolute Gasteiger partial charge is 0.494 e. The Morgan fingerprint density at radius 3 is 2.79 bits per heavy atom. The number of fused-ring (bicyclic) bond motifs is 1. The highest BCUT2D eigenvalue weighted by molar-refractivity contribution is 7.21. The van der Waals surface area contributed by atoms with Crippen LogP contribution >= 0.6 is 11.3 Å². The lowest BCUT2D eigenvalue weighted by atomic mass is 10.2. The van der Waals surface area contributed by atoms with Gasteiger partial charge in [-0.3, -0.25) is 4.79 Å². The number of hydrogen-bond acceptors (Lipinski definition) is 4. The fourth-order valence-electron chi connectivity index (χ4n) is 2.28. The Bertz CT molecular complexity index is 602. The summed E-state index contributed by atoms with van der Waals surface area (Å²) >= 11 is 1.49. The molecule has 0 spiro atoms. The van der Waals surface area contributed by atoms with Crippen molar-refractivity contribution >= 4 is 27.3 Å². The third-order valence-corrected chi connectivity index (χ3v) is 4.39. The molecule has 1 fully saturated rings. The van der Waals surface area contributed by atoms with E-state index in [9.17, 15) is 4.79 Å². The molecular formula is C14H15NO3S. The van der Waals surface area contributed by atoms with E-state index in [4.69, 9.17) is 9.47 Å². The van der Waals surface area contributed by atoms with Gasteiger partial charge in [0.25, 0.3) is 5.91 Å². The van der Waals surface area contributed by atoms with Crippen molar-refractivity contribution in [3.63, 3.8) is 0 Å². The number of hydrogen-bond donors (Lipinski definition) is 0. The van der Waals surface area contributed by atoms with Gasteiger partial charge in [0.05, 0.1) is 20.3 Å². The molecule has 2 heterocycles. The van der Waals surface area contributed by atoms with Crippen LogP contribution in [-0.4, -0.2) is 44.2 Å². The summed E-state index contributed by atoms with van der Waals surface area (Å²) in [5, 5.41) is 1.01. The van der Waals surface area contributed by atoms with Gasteiger partial charge in [0.2, 0.25) is 0 Å². The highest BCUT2D eigenvalue weighted by Gasteiger charge is 2.25. The molecule has 0 bridgehead atoms. The average molecular weight is 277 g/mol. The van der Waals surface area contributed by atoms with Gasteiger partial charge in [-0.1, -0.05) is 12.1 Å². The van der Waals surface area contributed by atoms with Gasteiger partial charge >= 0.3 is 0 Å². The van der Waals surface area contributed by atoms with Crippen molar-refractivity contribution < 1.29 is 14.3 Å². The van der Waals surface area contributed by atoms with E-state index in [2.05, 4.69) is 0 Å². The summed E-state index contributed by atoms with van der Waals surface area (Å²) in [6.45, 7) is 2.52. The molecule has 0 aliphatic carbocycles. The lowest BCUT2D eigenvalue weighted by Crippen LogP contribution is -2.40. The molecule has 0 radical (unpaired) electrons. The first-order valence-corrected chi connectivity index (χ1v) is 7.05. The lowest BCUT2D eigenvalue weighted by Gasteiger charge is -2.26. The SMILES string of the molecule is COc1c(C(=O)N2CCOCC2)sc2ccccc12. The third-order valence-electron chi connectivity index (χ3n) is 3.25. The third kappa shape index (κ3) is 2.19. The summed E-state index contributed by atoms with van der Waals surface area (Å²) in [4.78, 5) is 15.1. The quantitative estimate of drug-likeness (QED) is 0.846. The van der Waals surface area contributed by atoms with Crippen molar-refractivity contribution in [3.8, 4) is 5.75 Å². The number of thiophene rings is 1. The van der Waals surface area contributed by atoms with Gasteiger partial charge in [-0.15, -0.1) is 11.3 Å². The normalized spacial score (nSPS) is 15.7. The molecule has 3 rings (SSSR count). The minimum absolute atomic E-state index is 0.0429. The molecule has 0 atom stereocenters. The molecule has 1 aliphatic heterocycles. The summed E-state index contributed by atoms with van der Waals surface area (Å²) in [5.74, 6) is 0.735. The van der Waals surface area contributed by atoms with Crippen LogP contribution < -0.4 is 4.74 Å². The van der Waals surface area contributed by atoms with Crippen LogP contribution in [0.5, 0.6) is 5.75 Å². The summed E-state index contributed by atoms with van der Waals surface area (Å²) in [7, 11) is 1.62. The molecule has 1 amide bonds. The number of amides is 1. The van der Waals surface area contributed by atoms with Gasteiger partial charge < -0.3 is 14.4 Å². The molecule has 1 aliphatic rings. The average Bonchev–Trinajstić information content (AvgIpc) is 2.85. The van der Waals surface area contributed by atoms with E-state index in [1.165, 1.54) is 11.3 Å². The van der Waals surface area contributed by atoms with Crippen LogP contribution in [0.4, 0.5) is 0 Å². The molecule has 1 aromatic carbocycles. The molecule has 1 saturated heterocycles.